The second-order valence-electron chi connectivity index (χ2n) is 13.0. The minimum atomic E-state index is -2.23. The molecule has 1 rings (SSSR count). The van der Waals surface area contributed by atoms with Crippen LogP contribution in [0.2, 0.25) is 36.3 Å². The fraction of sp³-hybridized carbons (Fsp3) is 0.885. The fourth-order valence-corrected chi connectivity index (χ4v) is 13.4. The Kier molecular flexibility index (Phi) is 9.71. The van der Waals surface area contributed by atoms with Crippen LogP contribution in [-0.2, 0) is 13.9 Å². The van der Waals surface area contributed by atoms with Gasteiger partial charge in [0.05, 0.1) is 26.8 Å². The Bertz CT molecular complexity index is 680. The number of hydrogen-bond acceptors (Lipinski definition) is 4. The Morgan fingerprint density at radius 2 is 1.48 bits per heavy atom. The monoisotopic (exact) mass is 499 g/mol. The maximum absolute atomic E-state index is 13.5. The van der Waals surface area contributed by atoms with E-state index in [0.29, 0.717) is 23.2 Å². The molecular formula is C26H53NO4Si2. The molecular weight excluding hydrogens is 446 g/mol. The van der Waals surface area contributed by atoms with Crippen LogP contribution in [0.5, 0.6) is 0 Å². The van der Waals surface area contributed by atoms with Gasteiger partial charge in [-0.1, -0.05) is 72.5 Å². The molecule has 0 spiro atoms. The first-order valence-electron chi connectivity index (χ1n) is 12.7. The third-order valence-corrected chi connectivity index (χ3v) is 15.4. The van der Waals surface area contributed by atoms with Crippen LogP contribution in [0, 0.1) is 0 Å². The zero-order chi connectivity index (χ0) is 26.2. The van der Waals surface area contributed by atoms with Crippen LogP contribution in [-0.4, -0.2) is 57.5 Å². The lowest BCUT2D eigenvalue weighted by Crippen LogP contribution is -2.60. The Hall–Kier alpha value is -0.636. The van der Waals surface area contributed by atoms with Gasteiger partial charge < -0.3 is 13.9 Å². The van der Waals surface area contributed by atoms with Crippen molar-refractivity contribution in [3.8, 4) is 0 Å². The number of nitrogens with zero attached hydrogens (tertiary/aromatic N) is 1. The summed E-state index contributed by atoms with van der Waals surface area (Å²) in [5, 5.41) is 1.35. The lowest BCUT2D eigenvalue weighted by Gasteiger charge is -2.49. The number of ether oxygens (including phenoxy) is 2. The molecule has 7 heteroatoms. The summed E-state index contributed by atoms with van der Waals surface area (Å²) < 4.78 is 19.6. The maximum atomic E-state index is 13.5. The first kappa shape index (κ1) is 30.4. The van der Waals surface area contributed by atoms with Crippen LogP contribution in [0.15, 0.2) is 11.3 Å². The Balaban J connectivity index is 3.71. The van der Waals surface area contributed by atoms with Gasteiger partial charge in [-0.3, -0.25) is 4.90 Å². The molecule has 0 saturated carbocycles. The average molecular weight is 500 g/mol. The molecule has 0 aromatic heterocycles. The summed E-state index contributed by atoms with van der Waals surface area (Å²) in [5.41, 5.74) is 0.00983. The molecule has 1 aliphatic heterocycles. The minimum absolute atomic E-state index is 0.199. The smallest absolute Gasteiger partial charge is 0.413 e. The summed E-state index contributed by atoms with van der Waals surface area (Å²) in [4.78, 5) is 15.3. The van der Waals surface area contributed by atoms with E-state index >= 15 is 0 Å². The van der Waals surface area contributed by atoms with Gasteiger partial charge in [0.2, 0.25) is 8.32 Å². The molecule has 2 atom stereocenters. The van der Waals surface area contributed by atoms with E-state index in [4.69, 9.17) is 13.9 Å². The molecule has 1 fully saturated rings. The van der Waals surface area contributed by atoms with Crippen molar-refractivity contribution in [1.82, 2.24) is 4.90 Å². The highest BCUT2D eigenvalue weighted by atomic mass is 28.4. The molecule has 0 aliphatic carbocycles. The summed E-state index contributed by atoms with van der Waals surface area (Å²) >= 11 is 0. The molecule has 0 N–H and O–H groups in total. The Morgan fingerprint density at radius 3 is 1.82 bits per heavy atom. The van der Waals surface area contributed by atoms with Crippen molar-refractivity contribution in [2.75, 3.05) is 6.61 Å². The van der Waals surface area contributed by atoms with E-state index in [0.717, 1.165) is 0 Å². The molecule has 1 amide bonds. The zero-order valence-electron chi connectivity index (χ0n) is 24.3. The van der Waals surface area contributed by atoms with Gasteiger partial charge in [0.1, 0.15) is 11.3 Å². The van der Waals surface area contributed by atoms with Gasteiger partial charge in [-0.15, -0.1) is 0 Å². The quantitative estimate of drug-likeness (QED) is 0.320. The van der Waals surface area contributed by atoms with Gasteiger partial charge in [-0.05, 0) is 58.2 Å². The number of carbonyl (C=O) groups excluding carboxylic acids is 1. The first-order valence-corrected chi connectivity index (χ1v) is 18.4. The van der Waals surface area contributed by atoms with E-state index in [2.05, 4.69) is 74.2 Å². The van der Waals surface area contributed by atoms with Crippen molar-refractivity contribution in [1.29, 1.82) is 0 Å². The lowest BCUT2D eigenvalue weighted by molar-refractivity contribution is -0.0659. The molecule has 5 nitrogen and oxygen atoms in total. The predicted molar refractivity (Wildman–Crippen MR) is 145 cm³/mol. The number of hydrogen-bond donors (Lipinski definition) is 0. The largest absolute Gasteiger partial charge is 0.444 e. The number of allylic oxidation sites excluding steroid dienone is 1. The van der Waals surface area contributed by atoms with Gasteiger partial charge in [0.15, 0.2) is 0 Å². The van der Waals surface area contributed by atoms with E-state index in [1.165, 1.54) is 5.20 Å². The Labute approximate surface area is 206 Å². The van der Waals surface area contributed by atoms with Gasteiger partial charge in [0.25, 0.3) is 0 Å². The van der Waals surface area contributed by atoms with E-state index in [1.54, 1.807) is 0 Å². The van der Waals surface area contributed by atoms with E-state index in [-0.39, 0.29) is 18.2 Å². The highest BCUT2D eigenvalue weighted by Crippen LogP contribution is 2.46. The molecule has 1 aliphatic rings. The SMILES string of the molecule is C/C=C(\[C@@H](O[Si](C(C)C)(C(C)C)C(C)C)[C@@H]1COC(C)(C)N1C(=O)OC(C)(C)C)[Si](C)(C)C. The van der Waals surface area contributed by atoms with Crippen molar-refractivity contribution in [2.24, 2.45) is 0 Å². The number of carbonyl (C=O) groups is 1. The fourth-order valence-electron chi connectivity index (χ4n) is 5.72. The van der Waals surface area contributed by atoms with Gasteiger partial charge in [-0.25, -0.2) is 4.79 Å². The van der Waals surface area contributed by atoms with E-state index < -0.39 is 27.7 Å². The molecule has 0 aromatic rings. The van der Waals surface area contributed by atoms with Crippen LogP contribution < -0.4 is 0 Å². The number of amides is 1. The normalized spacial score (nSPS) is 21.3. The van der Waals surface area contributed by atoms with Crippen molar-refractivity contribution in [3.63, 3.8) is 0 Å². The van der Waals surface area contributed by atoms with E-state index in [9.17, 15) is 4.79 Å². The highest BCUT2D eigenvalue weighted by molar-refractivity contribution is 6.83. The molecule has 0 aromatic carbocycles. The van der Waals surface area contributed by atoms with E-state index in [1.807, 2.05) is 39.5 Å². The summed E-state index contributed by atoms with van der Waals surface area (Å²) in [5.74, 6) is 0. The average Bonchev–Trinajstić information content (AvgIpc) is 2.89. The van der Waals surface area contributed by atoms with Crippen molar-refractivity contribution >= 4 is 22.5 Å². The highest BCUT2D eigenvalue weighted by Gasteiger charge is 2.54. The minimum Gasteiger partial charge on any atom is -0.444 e. The maximum Gasteiger partial charge on any atom is 0.413 e. The second kappa shape index (κ2) is 10.5. The van der Waals surface area contributed by atoms with Crippen LogP contribution in [0.1, 0.15) is 83.1 Å². The van der Waals surface area contributed by atoms with Crippen LogP contribution in [0.3, 0.4) is 0 Å². The topological polar surface area (TPSA) is 48.0 Å². The Morgan fingerprint density at radius 1 is 1.03 bits per heavy atom. The zero-order valence-corrected chi connectivity index (χ0v) is 26.3. The lowest BCUT2D eigenvalue weighted by atomic mass is 10.1. The third-order valence-electron chi connectivity index (χ3n) is 6.98. The van der Waals surface area contributed by atoms with Crippen LogP contribution >= 0.6 is 0 Å². The molecule has 194 valence electrons. The van der Waals surface area contributed by atoms with Gasteiger partial charge in [-0.2, -0.15) is 0 Å². The molecule has 0 radical (unpaired) electrons. The molecule has 33 heavy (non-hydrogen) atoms. The van der Waals surface area contributed by atoms with Gasteiger partial charge in [0, 0.05) is 0 Å². The summed E-state index contributed by atoms with van der Waals surface area (Å²) in [6.07, 6.45) is 1.71. The summed E-state index contributed by atoms with van der Waals surface area (Å²) in [7, 11) is -3.98. The second-order valence-corrected chi connectivity index (χ2v) is 23.5. The molecule has 0 bridgehead atoms. The van der Waals surface area contributed by atoms with Crippen LogP contribution in [0.4, 0.5) is 4.79 Å². The number of rotatable bonds is 8. The van der Waals surface area contributed by atoms with Crippen molar-refractivity contribution in [2.45, 2.75) is 143 Å². The molecule has 0 unspecified atom stereocenters. The van der Waals surface area contributed by atoms with Crippen molar-refractivity contribution < 1.29 is 18.7 Å². The summed E-state index contributed by atoms with van der Waals surface area (Å²) in [6, 6.07) is -0.226. The first-order chi connectivity index (χ1) is 14.7. The summed E-state index contributed by atoms with van der Waals surface area (Å²) in [6.45, 7) is 33.2. The van der Waals surface area contributed by atoms with Gasteiger partial charge >= 0.3 is 6.09 Å². The third kappa shape index (κ3) is 6.74. The van der Waals surface area contributed by atoms with Crippen LogP contribution in [0.25, 0.3) is 0 Å². The van der Waals surface area contributed by atoms with Crippen molar-refractivity contribution in [3.05, 3.63) is 11.3 Å². The predicted octanol–water partition coefficient (Wildman–Crippen LogP) is 7.74. The standard InChI is InChI=1S/C26H53NO4Si2/c1-16-22(32(13,14)15)23(31-33(18(2)3,19(4)5)20(6)7)21-17-29-26(11,12)27(21)24(28)30-25(8,9)10/h16,18-21,23H,17H2,1-15H3/b22-16+/t21-,23-/m0/s1. The molecule has 1 saturated heterocycles. The molecule has 1 heterocycles.